The van der Waals surface area contributed by atoms with Crippen LogP contribution < -0.4 is 0 Å². The summed E-state index contributed by atoms with van der Waals surface area (Å²) in [7, 11) is 1.74. The van der Waals surface area contributed by atoms with E-state index in [1.807, 2.05) is 31.2 Å². The smallest absolute Gasteiger partial charge is 0.132 e. The second-order valence-electron chi connectivity index (χ2n) is 9.21. The first-order chi connectivity index (χ1) is 19.0. The van der Waals surface area contributed by atoms with Crippen LogP contribution in [0.2, 0.25) is 0 Å². The van der Waals surface area contributed by atoms with Crippen molar-refractivity contribution in [3.05, 3.63) is 78.5 Å². The third kappa shape index (κ3) is 15.1. The number of rotatable bonds is 9. The number of benzene rings is 1. The Labute approximate surface area is 238 Å². The van der Waals surface area contributed by atoms with Gasteiger partial charge in [0.1, 0.15) is 5.82 Å². The minimum atomic E-state index is -0.283. The van der Waals surface area contributed by atoms with E-state index in [1.54, 1.807) is 50.1 Å². The zero-order valence-electron chi connectivity index (χ0n) is 25.8. The Hall–Kier alpha value is -3.14. The molecule has 2 aromatic heterocycles. The Kier molecular flexibility index (Phi) is 22.0. The molecule has 3 rings (SSSR count). The van der Waals surface area contributed by atoms with Crippen LogP contribution in [0.4, 0.5) is 4.39 Å². The molecular formula is C35H52FN3. The second kappa shape index (κ2) is 23.9. The number of aromatic nitrogens is 2. The highest BCUT2D eigenvalue weighted by molar-refractivity contribution is 6.09. The summed E-state index contributed by atoms with van der Waals surface area (Å²) in [6.45, 7) is 15.2. The van der Waals surface area contributed by atoms with Gasteiger partial charge in [-0.2, -0.15) is 0 Å². The Morgan fingerprint density at radius 1 is 0.795 bits per heavy atom. The topological polar surface area (TPSA) is 38.1 Å². The van der Waals surface area contributed by atoms with Gasteiger partial charge in [-0.15, -0.1) is 0 Å². The summed E-state index contributed by atoms with van der Waals surface area (Å²) in [6.07, 6.45) is 19.9. The minimum Gasteiger partial charge on any atom is -0.296 e. The number of aliphatic imine (C=N–C) groups is 1. The molecule has 3 aromatic rings. The summed E-state index contributed by atoms with van der Waals surface area (Å²) in [4.78, 5) is 12.7. The first-order valence-corrected chi connectivity index (χ1v) is 14.7. The normalized spacial score (nSPS) is 10.5. The fourth-order valence-electron chi connectivity index (χ4n) is 3.34. The number of allylic oxidation sites excluding steroid dienone is 2. The summed E-state index contributed by atoms with van der Waals surface area (Å²) in [5.74, 6) is -0.283. The lowest BCUT2D eigenvalue weighted by atomic mass is 10.0. The van der Waals surface area contributed by atoms with Crippen molar-refractivity contribution in [1.29, 1.82) is 0 Å². The van der Waals surface area contributed by atoms with Crippen LogP contribution in [0, 0.1) is 5.82 Å². The fraction of sp³-hybridized carbons (Fsp3) is 0.457. The van der Waals surface area contributed by atoms with Gasteiger partial charge in [-0.1, -0.05) is 111 Å². The van der Waals surface area contributed by atoms with Crippen molar-refractivity contribution < 1.29 is 4.39 Å². The van der Waals surface area contributed by atoms with Gasteiger partial charge in [0.2, 0.25) is 0 Å². The van der Waals surface area contributed by atoms with E-state index in [4.69, 9.17) is 0 Å². The molecule has 0 saturated heterocycles. The maximum atomic E-state index is 14.0. The monoisotopic (exact) mass is 533 g/mol. The highest BCUT2D eigenvalue weighted by atomic mass is 19.1. The van der Waals surface area contributed by atoms with Gasteiger partial charge in [0, 0.05) is 48.5 Å². The Balaban J connectivity index is 0.000000855. The summed E-state index contributed by atoms with van der Waals surface area (Å²) in [5.41, 5.74) is 4.95. The molecule has 0 aliphatic heterocycles. The van der Waals surface area contributed by atoms with E-state index in [0.29, 0.717) is 11.3 Å². The van der Waals surface area contributed by atoms with Crippen molar-refractivity contribution >= 4 is 11.8 Å². The van der Waals surface area contributed by atoms with Crippen LogP contribution in [-0.4, -0.2) is 23.2 Å². The molecule has 39 heavy (non-hydrogen) atoms. The number of hydrogen-bond donors (Lipinski definition) is 0. The molecule has 0 spiro atoms. The molecule has 3 nitrogen and oxygen atoms in total. The van der Waals surface area contributed by atoms with Crippen LogP contribution in [0.15, 0.2) is 72.1 Å². The molecule has 0 atom stereocenters. The predicted molar refractivity (Wildman–Crippen MR) is 172 cm³/mol. The van der Waals surface area contributed by atoms with Crippen LogP contribution in [0.25, 0.3) is 28.0 Å². The molecule has 2 heterocycles. The van der Waals surface area contributed by atoms with E-state index >= 15 is 0 Å². The SMILES string of the molecule is C/C=C(\C=NC)c1cncc(-c2ccnc(-c3ccccc3F)c2)c1.CCCC.CCCCC.CCCCC. The lowest BCUT2D eigenvalue weighted by molar-refractivity contribution is 0.631. The van der Waals surface area contributed by atoms with Crippen LogP contribution in [-0.2, 0) is 0 Å². The zero-order valence-corrected chi connectivity index (χ0v) is 25.8. The average Bonchev–Trinajstić information content (AvgIpc) is 2.98. The van der Waals surface area contributed by atoms with E-state index in [1.165, 1.54) is 57.4 Å². The van der Waals surface area contributed by atoms with E-state index in [-0.39, 0.29) is 5.82 Å². The Bertz CT molecular complexity index is 1060. The fourth-order valence-corrected chi connectivity index (χ4v) is 3.34. The van der Waals surface area contributed by atoms with Crippen molar-refractivity contribution in [1.82, 2.24) is 9.97 Å². The van der Waals surface area contributed by atoms with E-state index < -0.39 is 0 Å². The Morgan fingerprint density at radius 2 is 1.41 bits per heavy atom. The minimum absolute atomic E-state index is 0.283. The van der Waals surface area contributed by atoms with E-state index in [9.17, 15) is 4.39 Å². The first kappa shape index (κ1) is 35.9. The largest absolute Gasteiger partial charge is 0.296 e. The van der Waals surface area contributed by atoms with Crippen molar-refractivity contribution in [3.8, 4) is 22.4 Å². The third-order valence-electron chi connectivity index (χ3n) is 5.81. The van der Waals surface area contributed by atoms with Gasteiger partial charge in [-0.3, -0.25) is 15.0 Å². The molecule has 214 valence electrons. The average molecular weight is 534 g/mol. The zero-order chi connectivity index (χ0) is 29.3. The highest BCUT2D eigenvalue weighted by Gasteiger charge is 2.08. The number of hydrogen-bond acceptors (Lipinski definition) is 3. The van der Waals surface area contributed by atoms with Crippen LogP contribution in [0.1, 0.15) is 105 Å². The maximum Gasteiger partial charge on any atom is 0.132 e. The molecule has 0 unspecified atom stereocenters. The molecule has 0 amide bonds. The van der Waals surface area contributed by atoms with E-state index in [2.05, 4.69) is 56.5 Å². The van der Waals surface area contributed by atoms with Gasteiger partial charge in [-0.25, -0.2) is 4.39 Å². The van der Waals surface area contributed by atoms with Gasteiger partial charge < -0.3 is 0 Å². The van der Waals surface area contributed by atoms with Gasteiger partial charge in [-0.05, 0) is 48.4 Å². The van der Waals surface area contributed by atoms with Gasteiger partial charge >= 0.3 is 0 Å². The van der Waals surface area contributed by atoms with Crippen molar-refractivity contribution in [2.75, 3.05) is 7.05 Å². The van der Waals surface area contributed by atoms with Crippen LogP contribution in [0.5, 0.6) is 0 Å². The molecule has 0 N–H and O–H groups in total. The highest BCUT2D eigenvalue weighted by Crippen LogP contribution is 2.27. The van der Waals surface area contributed by atoms with Gasteiger partial charge in [0.25, 0.3) is 0 Å². The lowest BCUT2D eigenvalue weighted by Crippen LogP contribution is -1.91. The summed E-state index contributed by atoms with van der Waals surface area (Å²) in [5, 5.41) is 0. The van der Waals surface area contributed by atoms with Gasteiger partial charge in [0.05, 0.1) is 5.69 Å². The molecular weight excluding hydrogens is 481 g/mol. The number of pyridine rings is 2. The van der Waals surface area contributed by atoms with E-state index in [0.717, 1.165) is 22.3 Å². The van der Waals surface area contributed by atoms with Crippen molar-refractivity contribution in [2.45, 2.75) is 99.8 Å². The molecule has 1 aromatic carbocycles. The number of unbranched alkanes of at least 4 members (excludes halogenated alkanes) is 5. The standard InChI is InChI=1S/C21H18FN3.2C5H12.C4H10/c1-3-15(12-23-2)17-10-18(14-24-13-17)16-8-9-25-21(11-16)19-6-4-5-7-20(19)22;2*1-3-5-4-2;1-3-4-2/h3-14H,1-2H3;2*3-5H2,1-2H3;3-4H2,1-2H3/b15-3+,23-12?;;;. The number of nitrogens with zero attached hydrogens (tertiary/aromatic N) is 3. The maximum absolute atomic E-state index is 14.0. The first-order valence-electron chi connectivity index (χ1n) is 14.7. The summed E-state index contributed by atoms with van der Waals surface area (Å²) < 4.78 is 14.0. The lowest BCUT2D eigenvalue weighted by Gasteiger charge is -2.08. The van der Waals surface area contributed by atoms with Crippen LogP contribution >= 0.6 is 0 Å². The molecule has 0 aliphatic rings. The van der Waals surface area contributed by atoms with Crippen LogP contribution in [0.3, 0.4) is 0 Å². The molecule has 0 aliphatic carbocycles. The van der Waals surface area contributed by atoms with Crippen molar-refractivity contribution in [2.24, 2.45) is 4.99 Å². The molecule has 0 bridgehead atoms. The predicted octanol–water partition coefficient (Wildman–Crippen LogP) is 11.3. The quantitative estimate of drug-likeness (QED) is 0.256. The summed E-state index contributed by atoms with van der Waals surface area (Å²) in [6, 6.07) is 12.5. The molecule has 0 fully saturated rings. The Morgan fingerprint density at radius 3 is 1.90 bits per heavy atom. The molecule has 4 heteroatoms. The summed E-state index contributed by atoms with van der Waals surface area (Å²) >= 11 is 0. The van der Waals surface area contributed by atoms with Crippen molar-refractivity contribution in [3.63, 3.8) is 0 Å². The molecule has 0 radical (unpaired) electrons. The number of halogens is 1. The van der Waals surface area contributed by atoms with Gasteiger partial charge in [0.15, 0.2) is 0 Å². The second-order valence-corrected chi connectivity index (χ2v) is 9.21. The third-order valence-corrected chi connectivity index (χ3v) is 5.81. The molecule has 0 saturated carbocycles.